The molecule has 28 heavy (non-hydrogen) atoms. The number of carbonyl (C=O) groups excluding carboxylic acids is 1. The van der Waals surface area contributed by atoms with Gasteiger partial charge in [-0.25, -0.2) is 4.39 Å². The molecule has 0 spiro atoms. The summed E-state index contributed by atoms with van der Waals surface area (Å²) in [6, 6.07) is 10.0. The van der Waals surface area contributed by atoms with Gasteiger partial charge in [0.05, 0.1) is 5.56 Å². The first-order chi connectivity index (χ1) is 13.6. The van der Waals surface area contributed by atoms with Crippen molar-refractivity contribution in [1.29, 1.82) is 0 Å². The van der Waals surface area contributed by atoms with E-state index in [1.165, 1.54) is 17.7 Å². The predicted octanol–water partition coefficient (Wildman–Crippen LogP) is 4.24. The molecule has 1 atom stereocenters. The van der Waals surface area contributed by atoms with Gasteiger partial charge in [0.25, 0.3) is 5.91 Å². The van der Waals surface area contributed by atoms with Gasteiger partial charge in [-0.15, -0.1) is 0 Å². The van der Waals surface area contributed by atoms with E-state index in [0.717, 1.165) is 30.5 Å². The van der Waals surface area contributed by atoms with E-state index in [2.05, 4.69) is 23.6 Å². The van der Waals surface area contributed by atoms with Crippen molar-refractivity contribution in [3.8, 4) is 11.3 Å². The Kier molecular flexibility index (Phi) is 5.05. The van der Waals surface area contributed by atoms with Crippen molar-refractivity contribution in [1.82, 2.24) is 5.32 Å². The minimum atomic E-state index is -0.335. The van der Waals surface area contributed by atoms with Crippen molar-refractivity contribution in [3.63, 3.8) is 0 Å². The van der Waals surface area contributed by atoms with Gasteiger partial charge in [-0.2, -0.15) is 0 Å². The Morgan fingerprint density at radius 3 is 2.86 bits per heavy atom. The summed E-state index contributed by atoms with van der Waals surface area (Å²) in [5.41, 5.74) is 9.54. The summed E-state index contributed by atoms with van der Waals surface area (Å²) in [5.74, 6) is 0.257. The lowest BCUT2D eigenvalue weighted by Crippen LogP contribution is -2.29. The highest BCUT2D eigenvalue weighted by Gasteiger charge is 2.25. The summed E-state index contributed by atoms with van der Waals surface area (Å²) in [6.45, 7) is 3.84. The van der Waals surface area contributed by atoms with Crippen LogP contribution < -0.4 is 16.4 Å². The van der Waals surface area contributed by atoms with Gasteiger partial charge in [0.2, 0.25) is 0 Å². The first kappa shape index (κ1) is 18.5. The number of halogens is 1. The topological polar surface area (TPSA) is 80.3 Å². The number of fused-ring (bicyclic) bond motifs is 2. The van der Waals surface area contributed by atoms with Crippen LogP contribution in [-0.2, 0) is 0 Å². The van der Waals surface area contributed by atoms with E-state index in [4.69, 9.17) is 10.2 Å². The highest BCUT2D eigenvalue weighted by molar-refractivity contribution is 6.11. The van der Waals surface area contributed by atoms with Gasteiger partial charge in [0, 0.05) is 42.3 Å². The monoisotopic (exact) mass is 381 g/mol. The lowest BCUT2D eigenvalue weighted by atomic mass is 9.93. The second-order valence-electron chi connectivity index (χ2n) is 7.26. The van der Waals surface area contributed by atoms with Gasteiger partial charge in [-0.3, -0.25) is 4.79 Å². The van der Waals surface area contributed by atoms with Crippen molar-refractivity contribution in [2.45, 2.75) is 25.7 Å². The van der Waals surface area contributed by atoms with Crippen molar-refractivity contribution < 1.29 is 13.6 Å². The molecular formula is C22H24FN3O2. The first-order valence-electron chi connectivity index (χ1n) is 9.67. The fourth-order valence-electron chi connectivity index (χ4n) is 3.81. The number of nitrogens with one attached hydrogen (secondary N) is 2. The fraction of sp³-hybridized carbons (Fsp3) is 0.318. The van der Waals surface area contributed by atoms with E-state index in [1.807, 2.05) is 6.07 Å². The maximum atomic E-state index is 13.4. The first-order valence-corrected chi connectivity index (χ1v) is 9.67. The standard InChI is InChI=1S/C22H24FN3O2/c1-13-3-2-9-25-18-12-19-17(11-16(13)18)20(22(27)26-10-8-24)21(28-19)14-4-6-15(23)7-5-14/h4-7,11-13,25H,2-3,8-10,24H2,1H3,(H,26,27). The number of rotatable bonds is 4. The smallest absolute Gasteiger partial charge is 0.255 e. The zero-order valence-electron chi connectivity index (χ0n) is 15.8. The van der Waals surface area contributed by atoms with Gasteiger partial charge in [0.1, 0.15) is 17.2 Å². The van der Waals surface area contributed by atoms with Crippen LogP contribution in [0, 0.1) is 5.82 Å². The van der Waals surface area contributed by atoms with E-state index in [0.29, 0.717) is 41.5 Å². The third-order valence-electron chi connectivity index (χ3n) is 5.28. The molecular weight excluding hydrogens is 357 g/mol. The van der Waals surface area contributed by atoms with E-state index in [-0.39, 0.29) is 11.7 Å². The molecule has 0 aliphatic carbocycles. The van der Waals surface area contributed by atoms with Crippen molar-refractivity contribution in [3.05, 3.63) is 53.3 Å². The maximum absolute atomic E-state index is 13.4. The minimum Gasteiger partial charge on any atom is -0.455 e. The molecule has 4 rings (SSSR count). The largest absolute Gasteiger partial charge is 0.455 e. The zero-order chi connectivity index (χ0) is 19.7. The molecule has 1 amide bonds. The Morgan fingerprint density at radius 1 is 1.32 bits per heavy atom. The number of hydrogen-bond donors (Lipinski definition) is 3. The van der Waals surface area contributed by atoms with Crippen LogP contribution in [0.1, 0.15) is 41.6 Å². The van der Waals surface area contributed by atoms with E-state index in [9.17, 15) is 9.18 Å². The molecule has 0 saturated carbocycles. The summed E-state index contributed by atoms with van der Waals surface area (Å²) in [7, 11) is 0. The van der Waals surface area contributed by atoms with Gasteiger partial charge < -0.3 is 20.8 Å². The van der Waals surface area contributed by atoms with Crippen LogP contribution in [0.2, 0.25) is 0 Å². The van der Waals surface area contributed by atoms with E-state index < -0.39 is 0 Å². The lowest BCUT2D eigenvalue weighted by Gasteiger charge is -2.12. The number of amides is 1. The molecule has 3 aromatic rings. The van der Waals surface area contributed by atoms with Crippen molar-refractivity contribution in [2.24, 2.45) is 5.73 Å². The Labute approximate surface area is 163 Å². The third kappa shape index (κ3) is 3.36. The normalized spacial score (nSPS) is 16.3. The van der Waals surface area contributed by atoms with Gasteiger partial charge >= 0.3 is 0 Å². The summed E-state index contributed by atoms with van der Waals surface area (Å²) >= 11 is 0. The Hall–Kier alpha value is -2.86. The van der Waals surface area contributed by atoms with E-state index >= 15 is 0 Å². The van der Waals surface area contributed by atoms with E-state index in [1.54, 1.807) is 12.1 Å². The van der Waals surface area contributed by atoms with Crippen molar-refractivity contribution in [2.75, 3.05) is 25.0 Å². The molecule has 4 N–H and O–H groups in total. The summed E-state index contributed by atoms with van der Waals surface area (Å²) < 4.78 is 19.5. The lowest BCUT2D eigenvalue weighted by molar-refractivity contribution is 0.0956. The zero-order valence-corrected chi connectivity index (χ0v) is 15.8. The molecule has 0 bridgehead atoms. The molecule has 2 aromatic carbocycles. The van der Waals surface area contributed by atoms with Crippen LogP contribution in [0.4, 0.5) is 10.1 Å². The van der Waals surface area contributed by atoms with Crippen LogP contribution in [0.25, 0.3) is 22.3 Å². The molecule has 0 radical (unpaired) electrons. The molecule has 6 heteroatoms. The van der Waals surface area contributed by atoms with Gasteiger partial charge in [-0.1, -0.05) is 6.92 Å². The number of carbonyl (C=O) groups is 1. The SMILES string of the molecule is CC1CCCNc2cc3oc(-c4ccc(F)cc4)c(C(=O)NCCN)c3cc21. The van der Waals surface area contributed by atoms with Crippen LogP contribution in [0.15, 0.2) is 40.8 Å². The number of hydrogen-bond acceptors (Lipinski definition) is 4. The van der Waals surface area contributed by atoms with Crippen LogP contribution in [0.3, 0.4) is 0 Å². The quantitative estimate of drug-likeness (QED) is 0.632. The number of nitrogens with two attached hydrogens (primary N) is 1. The van der Waals surface area contributed by atoms with Gasteiger partial charge in [-0.05, 0) is 54.7 Å². The second-order valence-corrected chi connectivity index (χ2v) is 7.26. The molecule has 1 aromatic heterocycles. The van der Waals surface area contributed by atoms with Crippen LogP contribution >= 0.6 is 0 Å². The maximum Gasteiger partial charge on any atom is 0.255 e. The molecule has 0 saturated heterocycles. The van der Waals surface area contributed by atoms with Gasteiger partial charge in [0.15, 0.2) is 0 Å². The second kappa shape index (κ2) is 7.64. The minimum absolute atomic E-state index is 0.238. The third-order valence-corrected chi connectivity index (χ3v) is 5.28. The molecule has 1 aliphatic rings. The molecule has 0 fully saturated rings. The van der Waals surface area contributed by atoms with Crippen molar-refractivity contribution >= 4 is 22.6 Å². The average Bonchev–Trinajstić information content (AvgIpc) is 2.97. The number of anilines is 1. The molecule has 5 nitrogen and oxygen atoms in total. The molecule has 1 unspecified atom stereocenters. The summed E-state index contributed by atoms with van der Waals surface area (Å²) in [4.78, 5) is 12.9. The number of benzene rings is 2. The molecule has 146 valence electrons. The highest BCUT2D eigenvalue weighted by atomic mass is 19.1. The Morgan fingerprint density at radius 2 is 2.11 bits per heavy atom. The van der Waals surface area contributed by atoms with Crippen LogP contribution in [-0.4, -0.2) is 25.5 Å². The fourth-order valence-corrected chi connectivity index (χ4v) is 3.81. The average molecular weight is 381 g/mol. The summed E-state index contributed by atoms with van der Waals surface area (Å²) in [5, 5.41) is 7.07. The molecule has 2 heterocycles. The highest BCUT2D eigenvalue weighted by Crippen LogP contribution is 2.40. The summed E-state index contributed by atoms with van der Waals surface area (Å²) in [6.07, 6.45) is 2.19. The molecule has 1 aliphatic heterocycles. The Balaban J connectivity index is 1.92. The predicted molar refractivity (Wildman–Crippen MR) is 109 cm³/mol. The number of furan rings is 1. The van der Waals surface area contributed by atoms with Crippen LogP contribution in [0.5, 0.6) is 0 Å². The Bertz CT molecular complexity index is 1010.